The Morgan fingerprint density at radius 3 is 2.67 bits per heavy atom. The van der Waals surface area contributed by atoms with E-state index in [0.717, 1.165) is 12.8 Å². The van der Waals surface area contributed by atoms with E-state index in [2.05, 4.69) is 9.97 Å². The summed E-state index contributed by atoms with van der Waals surface area (Å²) in [6.45, 7) is 9.24. The van der Waals surface area contributed by atoms with E-state index in [9.17, 15) is 18.8 Å². The van der Waals surface area contributed by atoms with Crippen LogP contribution in [0.2, 0.25) is 0 Å². The number of carbonyl (C=O) groups is 1. The molecule has 1 atom stereocenters. The van der Waals surface area contributed by atoms with Crippen LogP contribution in [-0.2, 0) is 17.8 Å². The first-order valence-electron chi connectivity index (χ1n) is 12.5. The number of hydrogen-bond acceptors (Lipinski definition) is 5. The Bertz CT molecular complexity index is 1370. The third-order valence-corrected chi connectivity index (χ3v) is 6.34. The van der Waals surface area contributed by atoms with Gasteiger partial charge in [-0.3, -0.25) is 19.1 Å². The lowest BCUT2D eigenvalue weighted by atomic mass is 10.0. The van der Waals surface area contributed by atoms with Crippen molar-refractivity contribution >= 4 is 16.9 Å². The largest absolute Gasteiger partial charge is 0.376 e. The highest BCUT2D eigenvalue weighted by molar-refractivity contribution is 6.05. The van der Waals surface area contributed by atoms with E-state index < -0.39 is 11.2 Å². The molecule has 0 bridgehead atoms. The number of carbonyl (C=O) groups excluding carboxylic acids is 1. The highest BCUT2D eigenvalue weighted by Crippen LogP contribution is 2.24. The first-order chi connectivity index (χ1) is 17.1. The number of ether oxygens (including phenoxy) is 1. The molecule has 2 aromatic heterocycles. The van der Waals surface area contributed by atoms with Gasteiger partial charge in [-0.25, -0.2) is 14.2 Å². The number of pyridine rings is 1. The average Bonchev–Trinajstić information content (AvgIpc) is 3.33. The van der Waals surface area contributed by atoms with E-state index in [1.54, 1.807) is 23.1 Å². The fraction of sp³-hybridized carbons (Fsp3) is 0.481. The summed E-state index contributed by atoms with van der Waals surface area (Å²) in [5, 5.41) is 0.0845. The van der Waals surface area contributed by atoms with E-state index >= 15 is 0 Å². The molecule has 1 aliphatic heterocycles. The van der Waals surface area contributed by atoms with E-state index in [4.69, 9.17) is 4.74 Å². The zero-order chi connectivity index (χ0) is 26.0. The predicted molar refractivity (Wildman–Crippen MR) is 136 cm³/mol. The summed E-state index contributed by atoms with van der Waals surface area (Å²) < 4.78 is 21.1. The molecule has 3 heterocycles. The van der Waals surface area contributed by atoms with Crippen LogP contribution in [0.15, 0.2) is 39.9 Å². The van der Waals surface area contributed by atoms with Crippen LogP contribution in [0.3, 0.4) is 0 Å². The fourth-order valence-corrected chi connectivity index (χ4v) is 4.57. The van der Waals surface area contributed by atoms with Crippen molar-refractivity contribution in [1.29, 1.82) is 0 Å². The minimum atomic E-state index is -0.649. The molecule has 192 valence electrons. The molecule has 4 rings (SSSR count). The van der Waals surface area contributed by atoms with Crippen molar-refractivity contribution in [3.05, 3.63) is 73.8 Å². The Morgan fingerprint density at radius 1 is 1.25 bits per heavy atom. The molecule has 8 nitrogen and oxygen atoms in total. The van der Waals surface area contributed by atoms with Gasteiger partial charge < -0.3 is 9.64 Å². The molecule has 0 radical (unpaired) electrons. The Balaban J connectivity index is 1.88. The summed E-state index contributed by atoms with van der Waals surface area (Å²) in [5.74, 6) is -0.700. The number of aromatic nitrogens is 3. The number of nitrogens with zero attached hydrogens (tertiary/aromatic N) is 3. The SMILES string of the molecule is CC(C)Cn1c(=O)[nH]c(=O)c2c(C(=O)N(Cc3cccc(F)c3)CC3CCCO3)cc(C(C)C)nc21. The quantitative estimate of drug-likeness (QED) is 0.511. The minimum absolute atomic E-state index is 0.0438. The molecule has 1 N–H and O–H groups in total. The number of halogens is 1. The van der Waals surface area contributed by atoms with E-state index in [1.165, 1.54) is 16.7 Å². The highest BCUT2D eigenvalue weighted by atomic mass is 19.1. The molecule has 3 aromatic rings. The molecule has 1 aliphatic rings. The highest BCUT2D eigenvalue weighted by Gasteiger charge is 2.28. The van der Waals surface area contributed by atoms with Gasteiger partial charge in [0.1, 0.15) is 5.82 Å². The van der Waals surface area contributed by atoms with Crippen LogP contribution in [0.1, 0.15) is 68.1 Å². The van der Waals surface area contributed by atoms with Crippen molar-refractivity contribution in [3.63, 3.8) is 0 Å². The Labute approximate surface area is 209 Å². The van der Waals surface area contributed by atoms with Crippen molar-refractivity contribution < 1.29 is 13.9 Å². The number of hydrogen-bond donors (Lipinski definition) is 1. The van der Waals surface area contributed by atoms with Crippen LogP contribution in [0.4, 0.5) is 4.39 Å². The third-order valence-electron chi connectivity index (χ3n) is 6.34. The van der Waals surface area contributed by atoms with Gasteiger partial charge in [-0.05, 0) is 48.4 Å². The van der Waals surface area contributed by atoms with Gasteiger partial charge in [0.2, 0.25) is 0 Å². The summed E-state index contributed by atoms with van der Waals surface area (Å²) in [7, 11) is 0. The normalized spacial score (nSPS) is 15.8. The monoisotopic (exact) mass is 496 g/mol. The average molecular weight is 497 g/mol. The number of amides is 1. The predicted octanol–water partition coefficient (Wildman–Crippen LogP) is 3.82. The maximum atomic E-state index is 14.1. The first kappa shape index (κ1) is 25.8. The third kappa shape index (κ3) is 5.56. The lowest BCUT2D eigenvalue weighted by Gasteiger charge is -2.27. The lowest BCUT2D eigenvalue weighted by Crippen LogP contribution is -2.39. The second-order valence-electron chi connectivity index (χ2n) is 10.2. The van der Waals surface area contributed by atoms with Gasteiger partial charge in [0, 0.05) is 31.9 Å². The molecule has 1 unspecified atom stereocenters. The minimum Gasteiger partial charge on any atom is -0.376 e. The summed E-state index contributed by atoms with van der Waals surface area (Å²) in [4.78, 5) is 48.5. The molecule has 1 amide bonds. The van der Waals surface area contributed by atoms with Crippen LogP contribution in [0.5, 0.6) is 0 Å². The van der Waals surface area contributed by atoms with Crippen molar-refractivity contribution in [3.8, 4) is 0 Å². The van der Waals surface area contributed by atoms with E-state index in [1.807, 2.05) is 27.7 Å². The van der Waals surface area contributed by atoms with Gasteiger partial charge in [-0.2, -0.15) is 0 Å². The number of benzene rings is 1. The standard InChI is InChI=1S/C27H33FN4O4/c1-16(2)13-32-24-23(25(33)30-27(32)35)21(12-22(29-24)17(3)4)26(34)31(15-20-9-6-10-36-20)14-18-7-5-8-19(28)11-18/h5,7-8,11-12,16-17,20H,6,9-10,13-15H2,1-4H3,(H,30,33,35). The maximum Gasteiger partial charge on any atom is 0.330 e. The summed E-state index contributed by atoms with van der Waals surface area (Å²) in [6, 6.07) is 7.76. The summed E-state index contributed by atoms with van der Waals surface area (Å²) in [6.07, 6.45) is 1.58. The Kier molecular flexibility index (Phi) is 7.68. The molecular formula is C27H33FN4O4. The lowest BCUT2D eigenvalue weighted by molar-refractivity contribution is 0.0508. The van der Waals surface area contributed by atoms with Crippen LogP contribution >= 0.6 is 0 Å². The molecule has 1 saturated heterocycles. The van der Waals surface area contributed by atoms with Crippen molar-refractivity contribution in [2.75, 3.05) is 13.2 Å². The number of rotatable bonds is 8. The number of nitrogens with one attached hydrogen (secondary N) is 1. The van der Waals surface area contributed by atoms with E-state index in [-0.39, 0.29) is 52.8 Å². The smallest absolute Gasteiger partial charge is 0.330 e. The van der Waals surface area contributed by atoms with Gasteiger partial charge in [0.15, 0.2) is 5.65 Å². The molecular weight excluding hydrogens is 463 g/mol. The second kappa shape index (κ2) is 10.7. The Hall–Kier alpha value is -3.33. The van der Waals surface area contributed by atoms with Crippen LogP contribution < -0.4 is 11.2 Å². The van der Waals surface area contributed by atoms with Gasteiger partial charge in [-0.1, -0.05) is 39.8 Å². The molecule has 0 aliphatic carbocycles. The van der Waals surface area contributed by atoms with Gasteiger partial charge in [0.05, 0.1) is 17.1 Å². The molecule has 0 spiro atoms. The van der Waals surface area contributed by atoms with Crippen LogP contribution in [-0.4, -0.2) is 44.6 Å². The maximum absolute atomic E-state index is 14.1. The Morgan fingerprint density at radius 2 is 2.03 bits per heavy atom. The van der Waals surface area contributed by atoms with Crippen molar-refractivity contribution in [1.82, 2.24) is 19.4 Å². The van der Waals surface area contributed by atoms with Gasteiger partial charge >= 0.3 is 5.69 Å². The fourth-order valence-electron chi connectivity index (χ4n) is 4.57. The number of fused-ring (bicyclic) bond motifs is 1. The zero-order valence-electron chi connectivity index (χ0n) is 21.2. The second-order valence-corrected chi connectivity index (χ2v) is 10.2. The van der Waals surface area contributed by atoms with E-state index in [0.29, 0.717) is 31.0 Å². The molecule has 1 fully saturated rings. The molecule has 0 saturated carbocycles. The molecule has 1 aromatic carbocycles. The van der Waals surface area contributed by atoms with Crippen molar-refractivity contribution in [2.24, 2.45) is 5.92 Å². The zero-order valence-corrected chi connectivity index (χ0v) is 21.2. The molecule has 9 heteroatoms. The number of aromatic amines is 1. The van der Waals surface area contributed by atoms with Gasteiger partial charge in [0.25, 0.3) is 11.5 Å². The molecule has 36 heavy (non-hydrogen) atoms. The topological polar surface area (TPSA) is 97.3 Å². The van der Waals surface area contributed by atoms with Crippen molar-refractivity contribution in [2.45, 2.75) is 65.6 Å². The van der Waals surface area contributed by atoms with Crippen LogP contribution in [0.25, 0.3) is 11.0 Å². The van der Waals surface area contributed by atoms with Gasteiger partial charge in [-0.15, -0.1) is 0 Å². The first-order valence-corrected chi connectivity index (χ1v) is 12.5. The number of H-pyrrole nitrogens is 1. The van der Waals surface area contributed by atoms with Crippen LogP contribution in [0, 0.1) is 11.7 Å². The summed E-state index contributed by atoms with van der Waals surface area (Å²) in [5.41, 5.74) is 0.422. The summed E-state index contributed by atoms with van der Waals surface area (Å²) >= 11 is 0.